The summed E-state index contributed by atoms with van der Waals surface area (Å²) in [5, 5.41) is 10.9. The van der Waals surface area contributed by atoms with E-state index in [9.17, 15) is 19.3 Å². The fourth-order valence-corrected chi connectivity index (χ4v) is 1.47. The zero-order valence-corrected chi connectivity index (χ0v) is 9.58. The molecule has 2 aromatic rings. The summed E-state index contributed by atoms with van der Waals surface area (Å²) in [5.41, 5.74) is -0.146. The van der Waals surface area contributed by atoms with Crippen LogP contribution in [0, 0.1) is 15.9 Å². The van der Waals surface area contributed by atoms with Crippen LogP contribution in [0.5, 0.6) is 11.5 Å². The number of carbonyl (C=O) groups excluding carboxylic acids is 1. The highest BCUT2D eigenvalue weighted by atomic mass is 19.1. The summed E-state index contributed by atoms with van der Waals surface area (Å²) < 4.78 is 18.0. The maximum absolute atomic E-state index is 12.7. The Hall–Kier alpha value is -2.76. The van der Waals surface area contributed by atoms with Gasteiger partial charge in [0.1, 0.15) is 17.9 Å². The standard InChI is InChI=1S/C13H8FNO4/c14-10-2-4-11(5-3-10)19-13-6-1-9(8-16)7-12(13)15(17)18/h1-8H. The number of benzene rings is 2. The zero-order valence-electron chi connectivity index (χ0n) is 9.58. The molecule has 0 amide bonds. The van der Waals surface area contributed by atoms with E-state index in [1.165, 1.54) is 36.4 Å². The predicted molar refractivity (Wildman–Crippen MR) is 65.0 cm³/mol. The lowest BCUT2D eigenvalue weighted by atomic mass is 10.2. The number of nitro groups is 1. The Morgan fingerprint density at radius 3 is 2.42 bits per heavy atom. The van der Waals surface area contributed by atoms with Crippen molar-refractivity contribution in [1.29, 1.82) is 0 Å². The van der Waals surface area contributed by atoms with Gasteiger partial charge in [-0.2, -0.15) is 0 Å². The smallest absolute Gasteiger partial charge is 0.312 e. The van der Waals surface area contributed by atoms with Gasteiger partial charge in [0.25, 0.3) is 0 Å². The van der Waals surface area contributed by atoms with Gasteiger partial charge < -0.3 is 4.74 Å². The van der Waals surface area contributed by atoms with E-state index in [2.05, 4.69) is 0 Å². The zero-order chi connectivity index (χ0) is 13.8. The molecule has 0 fully saturated rings. The van der Waals surface area contributed by atoms with E-state index in [0.717, 1.165) is 6.07 Å². The van der Waals surface area contributed by atoms with Crippen LogP contribution in [0.3, 0.4) is 0 Å². The van der Waals surface area contributed by atoms with Gasteiger partial charge in [0, 0.05) is 11.6 Å². The van der Waals surface area contributed by atoms with Crippen LogP contribution in [-0.4, -0.2) is 11.2 Å². The highest BCUT2D eigenvalue weighted by molar-refractivity contribution is 5.77. The minimum atomic E-state index is -0.647. The highest BCUT2D eigenvalue weighted by Crippen LogP contribution is 2.31. The highest BCUT2D eigenvalue weighted by Gasteiger charge is 2.16. The summed E-state index contributed by atoms with van der Waals surface area (Å²) in [6.45, 7) is 0. The first kappa shape index (κ1) is 12.7. The first-order chi connectivity index (χ1) is 9.10. The van der Waals surface area contributed by atoms with Crippen molar-refractivity contribution in [2.45, 2.75) is 0 Å². The lowest BCUT2D eigenvalue weighted by Crippen LogP contribution is -1.95. The lowest BCUT2D eigenvalue weighted by molar-refractivity contribution is -0.385. The van der Waals surface area contributed by atoms with Crippen LogP contribution in [0.15, 0.2) is 42.5 Å². The minimum Gasteiger partial charge on any atom is -0.450 e. The van der Waals surface area contributed by atoms with Crippen molar-refractivity contribution in [1.82, 2.24) is 0 Å². The summed E-state index contributed by atoms with van der Waals surface area (Å²) in [4.78, 5) is 20.8. The SMILES string of the molecule is O=Cc1ccc(Oc2ccc(F)cc2)c([N+](=O)[O-])c1. The predicted octanol–water partition coefficient (Wildman–Crippen LogP) is 3.34. The summed E-state index contributed by atoms with van der Waals surface area (Å²) >= 11 is 0. The van der Waals surface area contributed by atoms with Gasteiger partial charge in [-0.05, 0) is 36.4 Å². The van der Waals surface area contributed by atoms with E-state index < -0.39 is 10.7 Å². The second-order valence-electron chi connectivity index (χ2n) is 3.66. The molecule has 0 radical (unpaired) electrons. The van der Waals surface area contributed by atoms with Crippen LogP contribution in [-0.2, 0) is 0 Å². The Balaban J connectivity index is 2.36. The van der Waals surface area contributed by atoms with Crippen LogP contribution in [0.4, 0.5) is 10.1 Å². The fourth-order valence-electron chi connectivity index (χ4n) is 1.47. The molecule has 96 valence electrons. The van der Waals surface area contributed by atoms with E-state index in [0.29, 0.717) is 6.29 Å². The fraction of sp³-hybridized carbons (Fsp3) is 0. The van der Waals surface area contributed by atoms with Crippen LogP contribution < -0.4 is 4.74 Å². The molecule has 0 spiro atoms. The molecular formula is C13H8FNO4. The number of hydrogen-bond acceptors (Lipinski definition) is 4. The Kier molecular flexibility index (Phi) is 3.51. The first-order valence-electron chi connectivity index (χ1n) is 5.27. The normalized spacial score (nSPS) is 9.95. The van der Waals surface area contributed by atoms with E-state index >= 15 is 0 Å². The first-order valence-corrected chi connectivity index (χ1v) is 5.27. The molecule has 0 aromatic heterocycles. The molecule has 0 saturated heterocycles. The molecule has 0 heterocycles. The number of ether oxygens (including phenoxy) is 1. The maximum atomic E-state index is 12.7. The molecule has 0 aliphatic heterocycles. The number of nitrogens with zero attached hydrogens (tertiary/aromatic N) is 1. The van der Waals surface area contributed by atoms with Gasteiger partial charge >= 0.3 is 5.69 Å². The number of carbonyl (C=O) groups is 1. The second-order valence-corrected chi connectivity index (χ2v) is 3.66. The minimum absolute atomic E-state index is 0.0118. The number of nitro benzene ring substituents is 1. The summed E-state index contributed by atoms with van der Waals surface area (Å²) in [7, 11) is 0. The molecule has 0 bridgehead atoms. The van der Waals surface area contributed by atoms with Crippen LogP contribution >= 0.6 is 0 Å². The van der Waals surface area contributed by atoms with Gasteiger partial charge in [-0.15, -0.1) is 0 Å². The quantitative estimate of drug-likeness (QED) is 0.480. The summed E-state index contributed by atoms with van der Waals surface area (Å²) in [5.74, 6) is -0.177. The van der Waals surface area contributed by atoms with Gasteiger partial charge in [-0.1, -0.05) is 0 Å². The molecule has 2 aromatic carbocycles. The number of hydrogen-bond donors (Lipinski definition) is 0. The molecule has 5 nitrogen and oxygen atoms in total. The topological polar surface area (TPSA) is 69.4 Å². The van der Waals surface area contributed by atoms with Gasteiger partial charge in [-0.3, -0.25) is 14.9 Å². The molecule has 0 saturated carbocycles. The van der Waals surface area contributed by atoms with Crippen molar-refractivity contribution >= 4 is 12.0 Å². The second kappa shape index (κ2) is 5.26. The van der Waals surface area contributed by atoms with Crippen LogP contribution in [0.2, 0.25) is 0 Å². The van der Waals surface area contributed by atoms with Gasteiger partial charge in [0.2, 0.25) is 5.75 Å². The third-order valence-corrected chi connectivity index (χ3v) is 2.36. The van der Waals surface area contributed by atoms with Crippen molar-refractivity contribution in [2.75, 3.05) is 0 Å². The number of rotatable bonds is 4. The van der Waals surface area contributed by atoms with Gasteiger partial charge in [0.05, 0.1) is 4.92 Å². The summed E-state index contributed by atoms with van der Waals surface area (Å²) in [6, 6.07) is 8.91. The molecule has 0 N–H and O–H groups in total. The van der Waals surface area contributed by atoms with E-state index in [1.807, 2.05) is 0 Å². The molecular weight excluding hydrogens is 253 g/mol. The van der Waals surface area contributed by atoms with Gasteiger partial charge in [0.15, 0.2) is 0 Å². The Bertz CT molecular complexity index is 625. The van der Waals surface area contributed by atoms with E-state index in [1.54, 1.807) is 0 Å². The third-order valence-electron chi connectivity index (χ3n) is 2.36. The molecule has 0 aliphatic rings. The van der Waals surface area contributed by atoms with Crippen LogP contribution in [0.25, 0.3) is 0 Å². The molecule has 0 unspecified atom stereocenters. The largest absolute Gasteiger partial charge is 0.450 e. The van der Waals surface area contributed by atoms with Crippen LogP contribution in [0.1, 0.15) is 10.4 Å². The molecule has 0 atom stereocenters. The average Bonchev–Trinajstić information content (AvgIpc) is 2.41. The third kappa shape index (κ3) is 2.92. The molecule has 19 heavy (non-hydrogen) atoms. The van der Waals surface area contributed by atoms with E-state index in [4.69, 9.17) is 4.74 Å². The Morgan fingerprint density at radius 2 is 1.84 bits per heavy atom. The molecule has 6 heteroatoms. The molecule has 0 aliphatic carbocycles. The Morgan fingerprint density at radius 1 is 1.16 bits per heavy atom. The lowest BCUT2D eigenvalue weighted by Gasteiger charge is -2.06. The van der Waals surface area contributed by atoms with E-state index in [-0.39, 0.29) is 22.7 Å². The number of aldehydes is 1. The van der Waals surface area contributed by atoms with Crippen molar-refractivity contribution in [3.63, 3.8) is 0 Å². The number of halogens is 1. The van der Waals surface area contributed by atoms with Crippen molar-refractivity contribution < 1.29 is 18.8 Å². The van der Waals surface area contributed by atoms with Gasteiger partial charge in [-0.25, -0.2) is 4.39 Å². The summed E-state index contributed by atoms with van der Waals surface area (Å²) in [6.07, 6.45) is 0.509. The van der Waals surface area contributed by atoms with Crippen molar-refractivity contribution in [2.24, 2.45) is 0 Å². The molecule has 2 rings (SSSR count). The van der Waals surface area contributed by atoms with Crippen molar-refractivity contribution in [3.05, 3.63) is 64.0 Å². The monoisotopic (exact) mass is 261 g/mol. The average molecular weight is 261 g/mol. The Labute approximate surface area is 107 Å². The maximum Gasteiger partial charge on any atom is 0.312 e. The van der Waals surface area contributed by atoms with Crippen molar-refractivity contribution in [3.8, 4) is 11.5 Å².